The van der Waals surface area contributed by atoms with E-state index in [0.717, 1.165) is 50.0 Å². The fourth-order valence-electron chi connectivity index (χ4n) is 4.52. The number of hydrazone groups is 1. The highest BCUT2D eigenvalue weighted by atomic mass is 35.5. The molecule has 11 heteroatoms. The molecule has 2 aliphatic rings. The number of morpholine rings is 1. The van der Waals surface area contributed by atoms with Crippen molar-refractivity contribution in [1.82, 2.24) is 19.8 Å². The van der Waals surface area contributed by atoms with E-state index in [-0.39, 0.29) is 22.5 Å². The Morgan fingerprint density at radius 3 is 2.55 bits per heavy atom. The summed E-state index contributed by atoms with van der Waals surface area (Å²) in [4.78, 5) is 14.8. The molecule has 0 spiro atoms. The van der Waals surface area contributed by atoms with E-state index < -0.39 is 5.82 Å². The molecule has 0 aliphatic carbocycles. The summed E-state index contributed by atoms with van der Waals surface area (Å²) in [5.74, 6) is -0.249. The summed E-state index contributed by atoms with van der Waals surface area (Å²) >= 11 is 6.34. The van der Waals surface area contributed by atoms with Crippen molar-refractivity contribution in [3.63, 3.8) is 0 Å². The Kier molecular flexibility index (Phi) is 8.33. The number of aromatic hydroxyl groups is 1. The Labute approximate surface area is 226 Å². The van der Waals surface area contributed by atoms with Gasteiger partial charge < -0.3 is 19.6 Å². The van der Waals surface area contributed by atoms with E-state index in [1.807, 2.05) is 6.07 Å². The van der Waals surface area contributed by atoms with Crippen molar-refractivity contribution in [3.8, 4) is 16.9 Å². The highest BCUT2D eigenvalue weighted by molar-refractivity contribution is 6.32. The lowest BCUT2D eigenvalue weighted by atomic mass is 10.0. The van der Waals surface area contributed by atoms with Gasteiger partial charge in [0.1, 0.15) is 5.75 Å². The van der Waals surface area contributed by atoms with Crippen LogP contribution in [0.3, 0.4) is 0 Å². The summed E-state index contributed by atoms with van der Waals surface area (Å²) in [5, 5.41) is 14.9. The Morgan fingerprint density at radius 1 is 1.08 bits per heavy atom. The number of likely N-dealkylation sites (N-methyl/N-ethyl adjacent to an activating group) is 1. The monoisotopic (exact) mass is 539 g/mol. The maximum Gasteiger partial charge on any atom is 0.245 e. The fourth-order valence-corrected chi connectivity index (χ4v) is 4.75. The Balaban J connectivity index is 1.27. The van der Waals surface area contributed by atoms with Gasteiger partial charge in [-0.1, -0.05) is 35.9 Å². The second-order valence-corrected chi connectivity index (χ2v) is 9.91. The van der Waals surface area contributed by atoms with Crippen LogP contribution < -0.4 is 10.3 Å². The number of aromatic nitrogens is 2. The molecule has 0 bridgehead atoms. The first-order valence-electron chi connectivity index (χ1n) is 12.6. The number of nitrogens with one attached hydrogen (secondary N) is 1. The number of rotatable bonds is 7. The number of benzene rings is 2. The molecule has 2 saturated heterocycles. The number of piperazine rings is 1. The number of phenols is 1. The van der Waals surface area contributed by atoms with E-state index in [1.165, 1.54) is 11.8 Å². The van der Waals surface area contributed by atoms with E-state index >= 15 is 0 Å². The molecular weight excluding hydrogens is 509 g/mol. The van der Waals surface area contributed by atoms with E-state index in [2.05, 4.69) is 61.6 Å². The molecule has 2 aliphatic heterocycles. The number of anilines is 2. The second kappa shape index (κ2) is 12.0. The maximum absolute atomic E-state index is 14.3. The van der Waals surface area contributed by atoms with Crippen LogP contribution in [0.4, 0.5) is 16.2 Å². The molecule has 0 unspecified atom stereocenters. The first-order valence-corrected chi connectivity index (χ1v) is 13.0. The first kappa shape index (κ1) is 26.3. The standard InChI is InChI=1S/C27H31ClFN7O2/c1-34-6-8-35(9-7-34)18-19-2-4-20(5-3-19)21-14-22(25(37)23(28)15-21)16-31-33-27-30-17-24(29)26(32-27)36-10-12-38-13-11-36/h2-5,14-17,37H,6-13,18H2,1H3,(H,30,32,33)/b31-16+. The predicted molar refractivity (Wildman–Crippen MR) is 148 cm³/mol. The van der Waals surface area contributed by atoms with E-state index in [0.29, 0.717) is 31.9 Å². The van der Waals surface area contributed by atoms with Crippen LogP contribution in [0.15, 0.2) is 47.7 Å². The zero-order chi connectivity index (χ0) is 26.5. The topological polar surface area (TPSA) is 89.4 Å². The average molecular weight is 540 g/mol. The normalized spacial score (nSPS) is 17.3. The van der Waals surface area contributed by atoms with Crippen molar-refractivity contribution < 1.29 is 14.2 Å². The minimum Gasteiger partial charge on any atom is -0.506 e. The molecule has 3 aromatic rings. The van der Waals surface area contributed by atoms with Gasteiger partial charge in [-0.2, -0.15) is 10.1 Å². The largest absolute Gasteiger partial charge is 0.506 e. The summed E-state index contributed by atoms with van der Waals surface area (Å²) in [6.07, 6.45) is 2.55. The molecule has 2 aromatic carbocycles. The van der Waals surface area contributed by atoms with E-state index in [1.54, 1.807) is 11.0 Å². The van der Waals surface area contributed by atoms with Gasteiger partial charge in [-0.25, -0.2) is 14.8 Å². The smallest absolute Gasteiger partial charge is 0.245 e. The van der Waals surface area contributed by atoms with Crippen molar-refractivity contribution >= 4 is 29.6 Å². The van der Waals surface area contributed by atoms with Crippen LogP contribution >= 0.6 is 11.6 Å². The molecule has 2 N–H and O–H groups in total. The SMILES string of the molecule is CN1CCN(Cc2ccc(-c3cc(Cl)c(O)c(/C=N/Nc4ncc(F)c(N5CCOCC5)n4)c3)cc2)CC1. The van der Waals surface area contributed by atoms with Crippen molar-refractivity contribution in [2.45, 2.75) is 6.54 Å². The van der Waals surface area contributed by atoms with Gasteiger partial charge in [0.2, 0.25) is 5.95 Å². The van der Waals surface area contributed by atoms with Crippen LogP contribution in [0.5, 0.6) is 5.75 Å². The molecule has 9 nitrogen and oxygen atoms in total. The molecular formula is C27H31ClFN7O2. The van der Waals surface area contributed by atoms with E-state index in [4.69, 9.17) is 16.3 Å². The maximum atomic E-state index is 14.3. The molecule has 0 atom stereocenters. The number of phenolic OH excluding ortho intramolecular Hbond substituents is 1. The number of hydrogen-bond donors (Lipinski definition) is 2. The minimum absolute atomic E-state index is 0.0818. The lowest BCUT2D eigenvalue weighted by Crippen LogP contribution is -2.43. The van der Waals surface area contributed by atoms with Crippen LogP contribution in [-0.4, -0.2) is 90.6 Å². The molecule has 200 valence electrons. The molecule has 3 heterocycles. The van der Waals surface area contributed by atoms with Crippen LogP contribution in [0.1, 0.15) is 11.1 Å². The highest BCUT2D eigenvalue weighted by Crippen LogP contribution is 2.33. The molecule has 1 aromatic heterocycles. The summed E-state index contributed by atoms with van der Waals surface area (Å²) in [5.41, 5.74) is 6.23. The fraction of sp³-hybridized carbons (Fsp3) is 0.370. The van der Waals surface area contributed by atoms with Crippen LogP contribution in [-0.2, 0) is 11.3 Å². The zero-order valence-corrected chi connectivity index (χ0v) is 22.0. The van der Waals surface area contributed by atoms with Gasteiger partial charge in [-0.3, -0.25) is 4.90 Å². The third-order valence-electron chi connectivity index (χ3n) is 6.79. The van der Waals surface area contributed by atoms with Gasteiger partial charge >= 0.3 is 0 Å². The van der Waals surface area contributed by atoms with Crippen molar-refractivity contribution in [2.24, 2.45) is 5.10 Å². The van der Waals surface area contributed by atoms with Gasteiger partial charge in [0.15, 0.2) is 11.6 Å². The summed E-state index contributed by atoms with van der Waals surface area (Å²) < 4.78 is 19.6. The average Bonchev–Trinajstić information content (AvgIpc) is 2.94. The molecule has 2 fully saturated rings. The number of nitrogens with zero attached hydrogens (tertiary/aromatic N) is 6. The van der Waals surface area contributed by atoms with Gasteiger partial charge in [-0.15, -0.1) is 0 Å². The molecule has 0 saturated carbocycles. The number of ether oxygens (including phenoxy) is 1. The Morgan fingerprint density at radius 2 is 1.82 bits per heavy atom. The number of halogens is 2. The zero-order valence-electron chi connectivity index (χ0n) is 21.3. The highest BCUT2D eigenvalue weighted by Gasteiger charge is 2.18. The van der Waals surface area contributed by atoms with E-state index in [9.17, 15) is 9.50 Å². The third kappa shape index (κ3) is 6.39. The third-order valence-corrected chi connectivity index (χ3v) is 7.07. The summed E-state index contributed by atoms with van der Waals surface area (Å²) in [6, 6.07) is 11.9. The van der Waals surface area contributed by atoms with Gasteiger partial charge in [0, 0.05) is 51.4 Å². The molecule has 5 rings (SSSR count). The second-order valence-electron chi connectivity index (χ2n) is 9.51. The van der Waals surface area contributed by atoms with Gasteiger partial charge in [-0.05, 0) is 35.9 Å². The van der Waals surface area contributed by atoms with Gasteiger partial charge in [0.25, 0.3) is 0 Å². The minimum atomic E-state index is -0.506. The van der Waals surface area contributed by atoms with Gasteiger partial charge in [0.05, 0.1) is 30.6 Å². The lowest BCUT2D eigenvalue weighted by Gasteiger charge is -2.32. The van der Waals surface area contributed by atoms with Crippen LogP contribution in [0.25, 0.3) is 11.1 Å². The van der Waals surface area contributed by atoms with Crippen LogP contribution in [0.2, 0.25) is 5.02 Å². The Hall–Kier alpha value is -3.31. The number of hydrogen-bond acceptors (Lipinski definition) is 9. The van der Waals surface area contributed by atoms with Crippen molar-refractivity contribution in [1.29, 1.82) is 0 Å². The molecule has 0 amide bonds. The van der Waals surface area contributed by atoms with Crippen molar-refractivity contribution in [3.05, 3.63) is 64.6 Å². The molecule has 38 heavy (non-hydrogen) atoms. The summed E-state index contributed by atoms with van der Waals surface area (Å²) in [6.45, 7) is 7.36. The Bertz CT molecular complexity index is 1280. The quantitative estimate of drug-likeness (QED) is 0.347. The molecule has 0 radical (unpaired) electrons. The van der Waals surface area contributed by atoms with Crippen molar-refractivity contribution in [2.75, 3.05) is 69.9 Å². The predicted octanol–water partition coefficient (Wildman–Crippen LogP) is 3.67. The first-order chi connectivity index (χ1) is 18.5. The summed E-state index contributed by atoms with van der Waals surface area (Å²) in [7, 11) is 2.16. The van der Waals surface area contributed by atoms with Crippen LogP contribution in [0, 0.1) is 5.82 Å². The lowest BCUT2D eigenvalue weighted by molar-refractivity contribution is 0.122.